The van der Waals surface area contributed by atoms with Crippen LogP contribution in [0, 0.1) is 0 Å². The van der Waals surface area contributed by atoms with Gasteiger partial charge in [0.05, 0.1) is 0 Å². The van der Waals surface area contributed by atoms with E-state index in [1.54, 1.807) is 0 Å². The zero-order valence-electron chi connectivity index (χ0n) is 10.6. The van der Waals surface area contributed by atoms with Gasteiger partial charge >= 0.3 is 118 Å². The molecule has 6 heteroatoms. The van der Waals surface area contributed by atoms with Crippen molar-refractivity contribution in [1.82, 2.24) is 0 Å². The molecule has 0 aromatic rings. The standard InChI is InChI=1S/C10H27NP2S3/c1-4-6-12(15)8-10(3,11)13(16,9-14)7-5-2/h12-14,16H,4-9,11H2,1-3H3. The molecule has 0 saturated heterocycles. The van der Waals surface area contributed by atoms with Crippen molar-refractivity contribution >= 4 is 49.8 Å². The summed E-state index contributed by atoms with van der Waals surface area (Å²) in [5.41, 5.74) is 7.37. The predicted octanol–water partition coefficient (Wildman–Crippen LogP) is 3.64. The maximum absolute atomic E-state index is 6.52. The van der Waals surface area contributed by atoms with Gasteiger partial charge in [0.1, 0.15) is 0 Å². The van der Waals surface area contributed by atoms with E-state index in [0.29, 0.717) is 0 Å². The monoisotopic (exact) mass is 319 g/mol. The van der Waals surface area contributed by atoms with E-state index in [9.17, 15) is 0 Å². The van der Waals surface area contributed by atoms with Crippen molar-refractivity contribution in [3.05, 3.63) is 0 Å². The van der Waals surface area contributed by atoms with Crippen molar-refractivity contribution in [2.24, 2.45) is 5.73 Å². The summed E-state index contributed by atoms with van der Waals surface area (Å²) in [5.74, 6) is 0. The van der Waals surface area contributed by atoms with Crippen molar-refractivity contribution in [2.75, 3.05) is 24.0 Å². The van der Waals surface area contributed by atoms with Crippen LogP contribution in [0.15, 0.2) is 0 Å². The van der Waals surface area contributed by atoms with E-state index in [1.807, 2.05) is 0 Å². The molecule has 0 fully saturated rings. The number of thiol groups is 2. The van der Waals surface area contributed by atoms with Gasteiger partial charge in [0, 0.05) is 0 Å². The van der Waals surface area contributed by atoms with E-state index in [0.717, 1.165) is 24.2 Å². The quantitative estimate of drug-likeness (QED) is 0.470. The molecule has 0 heterocycles. The van der Waals surface area contributed by atoms with Gasteiger partial charge in [0.2, 0.25) is 0 Å². The van der Waals surface area contributed by atoms with Gasteiger partial charge in [0.15, 0.2) is 0 Å². The Morgan fingerprint density at radius 1 is 1.38 bits per heavy atom. The van der Waals surface area contributed by atoms with Crippen LogP contribution in [0.3, 0.4) is 0 Å². The maximum atomic E-state index is 6.52. The Kier molecular flexibility index (Phi) is 8.89. The number of hydrogen-bond acceptors (Lipinski definition) is 4. The van der Waals surface area contributed by atoms with Crippen LogP contribution in [-0.4, -0.2) is 29.3 Å². The molecule has 0 aliphatic carbocycles. The van der Waals surface area contributed by atoms with E-state index in [2.05, 4.69) is 33.4 Å². The molecule has 0 aromatic carbocycles. The fourth-order valence-corrected chi connectivity index (χ4v) is 12.2. The first-order valence-electron chi connectivity index (χ1n) is 5.96. The minimum atomic E-state index is -1.75. The van der Waals surface area contributed by atoms with Crippen molar-refractivity contribution in [3.8, 4) is 0 Å². The van der Waals surface area contributed by atoms with Gasteiger partial charge in [-0.05, 0) is 0 Å². The molecule has 0 aliphatic heterocycles. The Bertz CT molecular complexity index is 236. The van der Waals surface area contributed by atoms with Crippen LogP contribution in [-0.2, 0) is 11.8 Å². The van der Waals surface area contributed by atoms with Crippen LogP contribution in [0.2, 0.25) is 0 Å². The summed E-state index contributed by atoms with van der Waals surface area (Å²) in [4.78, 5) is 0. The summed E-state index contributed by atoms with van der Waals surface area (Å²) >= 11 is 15.0. The molecule has 0 saturated carbocycles. The fourth-order valence-electron chi connectivity index (χ4n) is 1.90. The van der Waals surface area contributed by atoms with Crippen LogP contribution >= 0.6 is 38.0 Å². The molecule has 16 heavy (non-hydrogen) atoms. The molecule has 0 bridgehead atoms. The zero-order chi connectivity index (χ0) is 12.8. The topological polar surface area (TPSA) is 26.0 Å². The molecule has 1 nitrogen and oxygen atoms in total. The normalized spacial score (nSPS) is 19.1. The number of hydrogen-bond donors (Lipinski definition) is 3. The second kappa shape index (κ2) is 8.02. The van der Waals surface area contributed by atoms with Gasteiger partial charge in [-0.15, -0.1) is 0 Å². The summed E-state index contributed by atoms with van der Waals surface area (Å²) in [6, 6.07) is 0. The molecule has 0 aliphatic rings. The van der Waals surface area contributed by atoms with E-state index in [1.165, 1.54) is 12.6 Å². The van der Waals surface area contributed by atoms with Crippen LogP contribution in [0.1, 0.15) is 33.6 Å². The third-order valence-corrected chi connectivity index (χ3v) is 15.9. The van der Waals surface area contributed by atoms with Crippen LogP contribution in [0.25, 0.3) is 0 Å². The van der Waals surface area contributed by atoms with Crippen LogP contribution < -0.4 is 5.73 Å². The molecule has 0 radical (unpaired) electrons. The first-order chi connectivity index (χ1) is 7.33. The first-order valence-corrected chi connectivity index (χ1v) is 13.3. The second-order valence-electron chi connectivity index (χ2n) is 4.82. The Morgan fingerprint density at radius 2 is 1.94 bits per heavy atom. The molecule has 100 valence electrons. The summed E-state index contributed by atoms with van der Waals surface area (Å²) in [6.45, 7) is 4.11. The second-order valence-corrected chi connectivity index (χ2v) is 16.0. The number of rotatable bonds is 8. The third-order valence-electron chi connectivity index (χ3n) is 3.08. The van der Waals surface area contributed by atoms with Crippen molar-refractivity contribution in [1.29, 1.82) is 0 Å². The molecule has 0 spiro atoms. The summed E-state index contributed by atoms with van der Waals surface area (Å²) in [5, 5.41) is -0.154. The molecule has 0 aromatic heterocycles. The van der Waals surface area contributed by atoms with E-state index >= 15 is 0 Å². The van der Waals surface area contributed by atoms with E-state index in [4.69, 9.17) is 29.8 Å². The van der Waals surface area contributed by atoms with Gasteiger partial charge in [-0.3, -0.25) is 0 Å². The molecule has 0 amide bonds. The van der Waals surface area contributed by atoms with Gasteiger partial charge < -0.3 is 0 Å². The van der Waals surface area contributed by atoms with E-state index < -0.39 is 13.2 Å². The average Bonchev–Trinajstić information content (AvgIpc) is 2.17. The van der Waals surface area contributed by atoms with Crippen molar-refractivity contribution < 1.29 is 0 Å². The Hall–Kier alpha value is 1.74. The SMILES string of the molecule is CCC[PH](=S)CC(C)(N)[PH](S)(CS)CCC. The zero-order valence-corrected chi connectivity index (χ0v) is 15.2. The molecule has 2 atom stereocenters. The Balaban J connectivity index is 4.65. The van der Waals surface area contributed by atoms with Crippen molar-refractivity contribution in [2.45, 2.75) is 38.9 Å². The van der Waals surface area contributed by atoms with Gasteiger partial charge in [-0.1, -0.05) is 0 Å². The average molecular weight is 319 g/mol. The van der Waals surface area contributed by atoms with E-state index in [-0.39, 0.29) is 5.28 Å². The molecule has 2 N–H and O–H groups in total. The molecular weight excluding hydrogens is 292 g/mol. The first kappa shape index (κ1) is 17.7. The Morgan fingerprint density at radius 3 is 2.31 bits per heavy atom. The van der Waals surface area contributed by atoms with Crippen LogP contribution in [0.4, 0.5) is 0 Å². The Labute approximate surface area is 118 Å². The van der Waals surface area contributed by atoms with Crippen molar-refractivity contribution in [3.63, 3.8) is 0 Å². The predicted molar refractivity (Wildman–Crippen MR) is 94.6 cm³/mol. The molecule has 0 rings (SSSR count). The molecular formula is C10H27NP2S3. The third kappa shape index (κ3) is 5.16. The number of nitrogens with two attached hydrogens (primary N) is 1. The summed E-state index contributed by atoms with van der Waals surface area (Å²) in [6.07, 6.45) is 5.67. The van der Waals surface area contributed by atoms with Gasteiger partial charge in [0.25, 0.3) is 0 Å². The fraction of sp³-hybridized carbons (Fsp3) is 1.00. The summed E-state index contributed by atoms with van der Waals surface area (Å²) in [7, 11) is 0. The van der Waals surface area contributed by atoms with Crippen LogP contribution in [0.5, 0.6) is 0 Å². The minimum absolute atomic E-state index is 0.154. The molecule has 2 unspecified atom stereocenters. The summed E-state index contributed by atoms with van der Waals surface area (Å²) < 4.78 is 0. The van der Waals surface area contributed by atoms with Gasteiger partial charge in [-0.25, -0.2) is 0 Å². The van der Waals surface area contributed by atoms with Gasteiger partial charge in [-0.2, -0.15) is 0 Å².